The second kappa shape index (κ2) is 5.34. The summed E-state index contributed by atoms with van der Waals surface area (Å²) >= 11 is 0. The van der Waals surface area contributed by atoms with Gasteiger partial charge in [-0.15, -0.1) is 0 Å². The van der Waals surface area contributed by atoms with Crippen molar-refractivity contribution < 1.29 is 0 Å². The molecular formula is C20H20N4. The van der Waals surface area contributed by atoms with E-state index >= 15 is 0 Å². The highest BCUT2D eigenvalue weighted by Gasteiger charge is 2.45. The summed E-state index contributed by atoms with van der Waals surface area (Å²) in [6, 6.07) is 18.8. The number of hydrogen-bond donors (Lipinski definition) is 0. The van der Waals surface area contributed by atoms with E-state index in [-0.39, 0.29) is 5.66 Å². The minimum absolute atomic E-state index is 0.300. The zero-order valence-corrected chi connectivity index (χ0v) is 14.1. The standard InChI is InChI=1S/C20H20N4/c1-15-9-7-8-12-17(15)24-19-18(13-21-14-22-19)23(20(24,2)3)16-10-5-4-6-11-16/h4-14H,1-3H3. The maximum absolute atomic E-state index is 4.60. The molecule has 0 fully saturated rings. The van der Waals surface area contributed by atoms with Crippen molar-refractivity contribution in [3.05, 3.63) is 72.7 Å². The van der Waals surface area contributed by atoms with Crippen LogP contribution in [0.1, 0.15) is 19.4 Å². The van der Waals surface area contributed by atoms with Gasteiger partial charge in [-0.25, -0.2) is 9.97 Å². The van der Waals surface area contributed by atoms with Crippen LogP contribution in [0.25, 0.3) is 0 Å². The molecule has 0 saturated carbocycles. The van der Waals surface area contributed by atoms with Gasteiger partial charge in [0.15, 0.2) is 5.82 Å². The van der Waals surface area contributed by atoms with E-state index in [0.717, 1.165) is 17.2 Å². The second-order valence-electron chi connectivity index (χ2n) is 6.52. The number of aromatic nitrogens is 2. The lowest BCUT2D eigenvalue weighted by Crippen LogP contribution is -2.48. The van der Waals surface area contributed by atoms with Crippen LogP contribution in [-0.2, 0) is 0 Å². The molecule has 2 heterocycles. The Hall–Kier alpha value is -2.88. The van der Waals surface area contributed by atoms with E-state index in [4.69, 9.17) is 0 Å². The molecule has 4 heteroatoms. The summed E-state index contributed by atoms with van der Waals surface area (Å²) in [6.45, 7) is 6.57. The molecule has 0 N–H and O–H groups in total. The first-order valence-electron chi connectivity index (χ1n) is 8.12. The Bertz CT molecular complexity index is 874. The maximum Gasteiger partial charge on any atom is 0.162 e. The highest BCUT2D eigenvalue weighted by molar-refractivity contribution is 5.87. The van der Waals surface area contributed by atoms with Crippen molar-refractivity contribution in [3.8, 4) is 0 Å². The van der Waals surface area contributed by atoms with Crippen LogP contribution in [0.5, 0.6) is 0 Å². The van der Waals surface area contributed by atoms with Gasteiger partial charge in [0.05, 0.1) is 6.20 Å². The van der Waals surface area contributed by atoms with Crippen molar-refractivity contribution in [2.24, 2.45) is 0 Å². The molecule has 4 rings (SSSR count). The van der Waals surface area contributed by atoms with Crippen LogP contribution in [0.3, 0.4) is 0 Å². The lowest BCUT2D eigenvalue weighted by molar-refractivity contribution is 0.537. The summed E-state index contributed by atoms with van der Waals surface area (Å²) in [6.07, 6.45) is 3.52. The Kier molecular flexibility index (Phi) is 3.27. The Labute approximate surface area is 142 Å². The van der Waals surface area contributed by atoms with Gasteiger partial charge in [-0.2, -0.15) is 0 Å². The fraction of sp³-hybridized carbons (Fsp3) is 0.200. The Morgan fingerprint density at radius 3 is 2.29 bits per heavy atom. The summed E-state index contributed by atoms with van der Waals surface area (Å²) in [5.74, 6) is 0.938. The SMILES string of the molecule is Cc1ccccc1N1c2ncncc2N(c2ccccc2)C1(C)C. The van der Waals surface area contributed by atoms with E-state index in [0.29, 0.717) is 0 Å². The number of para-hydroxylation sites is 2. The smallest absolute Gasteiger partial charge is 0.162 e. The molecule has 3 aromatic rings. The molecule has 0 saturated heterocycles. The van der Waals surface area contributed by atoms with Crippen LogP contribution < -0.4 is 9.80 Å². The predicted molar refractivity (Wildman–Crippen MR) is 98.0 cm³/mol. The van der Waals surface area contributed by atoms with E-state index in [2.05, 4.69) is 89.1 Å². The van der Waals surface area contributed by atoms with E-state index in [1.165, 1.54) is 11.3 Å². The number of fused-ring (bicyclic) bond motifs is 1. The number of aryl methyl sites for hydroxylation is 1. The molecule has 0 bridgehead atoms. The number of nitrogens with zero attached hydrogens (tertiary/aromatic N) is 4. The maximum atomic E-state index is 4.60. The van der Waals surface area contributed by atoms with Gasteiger partial charge in [-0.3, -0.25) is 0 Å². The van der Waals surface area contributed by atoms with Crippen molar-refractivity contribution in [1.82, 2.24) is 9.97 Å². The van der Waals surface area contributed by atoms with Crippen molar-refractivity contribution >= 4 is 22.9 Å². The highest BCUT2D eigenvalue weighted by atomic mass is 15.5. The van der Waals surface area contributed by atoms with Gasteiger partial charge >= 0.3 is 0 Å². The number of rotatable bonds is 2. The molecule has 0 amide bonds. The monoisotopic (exact) mass is 316 g/mol. The average Bonchev–Trinajstić information content (AvgIpc) is 2.82. The molecule has 120 valence electrons. The van der Waals surface area contributed by atoms with Gasteiger partial charge in [0.2, 0.25) is 0 Å². The largest absolute Gasteiger partial charge is 0.313 e. The van der Waals surface area contributed by atoms with Crippen molar-refractivity contribution in [2.45, 2.75) is 26.4 Å². The van der Waals surface area contributed by atoms with Crippen molar-refractivity contribution in [1.29, 1.82) is 0 Å². The number of hydrogen-bond acceptors (Lipinski definition) is 4. The first-order valence-corrected chi connectivity index (χ1v) is 8.12. The molecule has 2 aromatic carbocycles. The van der Waals surface area contributed by atoms with Gasteiger partial charge in [-0.05, 0) is 44.5 Å². The van der Waals surface area contributed by atoms with Gasteiger partial charge < -0.3 is 9.80 Å². The zero-order chi connectivity index (χ0) is 16.7. The fourth-order valence-corrected chi connectivity index (χ4v) is 3.56. The fourth-order valence-electron chi connectivity index (χ4n) is 3.56. The highest BCUT2D eigenvalue weighted by Crippen LogP contribution is 2.51. The summed E-state index contributed by atoms with van der Waals surface area (Å²) in [5, 5.41) is 0. The molecule has 1 aliphatic rings. The first kappa shape index (κ1) is 14.7. The first-order chi connectivity index (χ1) is 11.6. The van der Waals surface area contributed by atoms with E-state index in [1.807, 2.05) is 12.3 Å². The van der Waals surface area contributed by atoms with E-state index in [9.17, 15) is 0 Å². The molecule has 0 spiro atoms. The molecule has 0 atom stereocenters. The van der Waals surface area contributed by atoms with Crippen molar-refractivity contribution in [3.63, 3.8) is 0 Å². The normalized spacial score (nSPS) is 15.5. The molecule has 0 aliphatic carbocycles. The summed E-state index contributed by atoms with van der Waals surface area (Å²) in [4.78, 5) is 13.5. The zero-order valence-electron chi connectivity index (χ0n) is 14.1. The molecule has 24 heavy (non-hydrogen) atoms. The third kappa shape index (κ3) is 2.07. The molecule has 1 aromatic heterocycles. The quantitative estimate of drug-likeness (QED) is 0.679. The Balaban J connectivity index is 1.96. The average molecular weight is 316 g/mol. The minimum Gasteiger partial charge on any atom is -0.313 e. The van der Waals surface area contributed by atoms with Crippen LogP contribution in [0.4, 0.5) is 22.9 Å². The minimum atomic E-state index is -0.300. The number of benzene rings is 2. The lowest BCUT2D eigenvalue weighted by atomic mass is 10.1. The summed E-state index contributed by atoms with van der Waals surface area (Å²) < 4.78 is 0. The third-order valence-electron chi connectivity index (χ3n) is 4.59. The number of anilines is 4. The van der Waals surface area contributed by atoms with Crippen LogP contribution in [-0.4, -0.2) is 15.6 Å². The van der Waals surface area contributed by atoms with Gasteiger partial charge in [-0.1, -0.05) is 36.4 Å². The van der Waals surface area contributed by atoms with Crippen molar-refractivity contribution in [2.75, 3.05) is 9.80 Å². The second-order valence-corrected chi connectivity index (χ2v) is 6.52. The Morgan fingerprint density at radius 2 is 1.54 bits per heavy atom. The summed E-state index contributed by atoms with van der Waals surface area (Å²) in [7, 11) is 0. The lowest BCUT2D eigenvalue weighted by Gasteiger charge is -2.40. The topological polar surface area (TPSA) is 32.3 Å². The molecule has 0 unspecified atom stereocenters. The predicted octanol–water partition coefficient (Wildman–Crippen LogP) is 4.81. The van der Waals surface area contributed by atoms with E-state index < -0.39 is 0 Å². The third-order valence-corrected chi connectivity index (χ3v) is 4.59. The van der Waals surface area contributed by atoms with Gasteiger partial charge in [0.1, 0.15) is 17.7 Å². The van der Waals surface area contributed by atoms with Crippen LogP contribution in [0.2, 0.25) is 0 Å². The summed E-state index contributed by atoms with van der Waals surface area (Å²) in [5.41, 5.74) is 4.25. The van der Waals surface area contributed by atoms with Crippen LogP contribution in [0.15, 0.2) is 67.1 Å². The van der Waals surface area contributed by atoms with E-state index in [1.54, 1.807) is 6.33 Å². The molecule has 4 nitrogen and oxygen atoms in total. The van der Waals surface area contributed by atoms with Gasteiger partial charge in [0.25, 0.3) is 0 Å². The van der Waals surface area contributed by atoms with Crippen LogP contribution >= 0.6 is 0 Å². The molecular weight excluding hydrogens is 296 g/mol. The molecule has 1 aliphatic heterocycles. The van der Waals surface area contributed by atoms with Crippen LogP contribution in [0, 0.1) is 6.92 Å². The Morgan fingerprint density at radius 1 is 0.833 bits per heavy atom. The molecule has 0 radical (unpaired) electrons. The van der Waals surface area contributed by atoms with Gasteiger partial charge in [0, 0.05) is 11.4 Å².